The van der Waals surface area contributed by atoms with Crippen LogP contribution >= 0.6 is 0 Å². The number of aliphatic hydroxyl groups is 1. The first-order valence-electron chi connectivity index (χ1n) is 5.61. The molecule has 0 amide bonds. The number of hydrogen-bond acceptors (Lipinski definition) is 4. The molecule has 0 atom stereocenters. The normalized spacial score (nSPS) is 17.4. The summed E-state index contributed by atoms with van der Waals surface area (Å²) in [6.45, 7) is 4.54. The fraction of sp³-hybridized carbons (Fsp3) is 0.800. The van der Waals surface area contributed by atoms with E-state index in [1.54, 1.807) is 0 Å². The van der Waals surface area contributed by atoms with Crippen molar-refractivity contribution < 1.29 is 5.11 Å². The summed E-state index contributed by atoms with van der Waals surface area (Å²) in [5, 5.41) is 16.8. The summed E-state index contributed by atoms with van der Waals surface area (Å²) < 4.78 is 1.86. The van der Waals surface area contributed by atoms with Gasteiger partial charge in [0.1, 0.15) is 0 Å². The van der Waals surface area contributed by atoms with E-state index in [0.717, 1.165) is 18.8 Å². The minimum Gasteiger partial charge on any atom is -0.396 e. The van der Waals surface area contributed by atoms with Gasteiger partial charge in [-0.1, -0.05) is 5.21 Å². The first-order valence-corrected chi connectivity index (χ1v) is 5.61. The predicted octanol–water partition coefficient (Wildman–Crippen LogP) is -0.0913. The molecule has 0 aromatic carbocycles. The Kier molecular flexibility index (Phi) is 3.69. The van der Waals surface area contributed by atoms with Crippen molar-refractivity contribution in [2.45, 2.75) is 25.8 Å². The van der Waals surface area contributed by atoms with Crippen LogP contribution in [0.1, 0.15) is 18.5 Å². The molecule has 2 heterocycles. The molecule has 5 nitrogen and oxygen atoms in total. The zero-order valence-electron chi connectivity index (χ0n) is 8.97. The third-order valence-electron chi connectivity index (χ3n) is 2.80. The van der Waals surface area contributed by atoms with Crippen molar-refractivity contribution in [3.63, 3.8) is 0 Å². The molecule has 84 valence electrons. The highest BCUT2D eigenvalue weighted by Crippen LogP contribution is 2.06. The highest BCUT2D eigenvalue weighted by Gasteiger charge is 2.11. The second-order valence-corrected chi connectivity index (χ2v) is 4.00. The van der Waals surface area contributed by atoms with Crippen LogP contribution in [0.15, 0.2) is 6.20 Å². The number of aliphatic hydroxyl groups excluding tert-OH is 1. The summed E-state index contributed by atoms with van der Waals surface area (Å²) in [7, 11) is 0. The lowest BCUT2D eigenvalue weighted by molar-refractivity contribution is 0.298. The molecule has 0 radical (unpaired) electrons. The van der Waals surface area contributed by atoms with Gasteiger partial charge in [-0.2, -0.15) is 0 Å². The lowest BCUT2D eigenvalue weighted by Crippen LogP contribution is -2.24. The summed E-state index contributed by atoms with van der Waals surface area (Å²) >= 11 is 0. The van der Waals surface area contributed by atoms with Gasteiger partial charge in [0.15, 0.2) is 0 Å². The van der Waals surface area contributed by atoms with Gasteiger partial charge in [0.2, 0.25) is 0 Å². The molecule has 1 aliphatic heterocycles. The van der Waals surface area contributed by atoms with E-state index in [1.165, 1.54) is 25.9 Å². The van der Waals surface area contributed by atoms with Gasteiger partial charge in [-0.15, -0.1) is 5.10 Å². The summed E-state index contributed by atoms with van der Waals surface area (Å²) in [6, 6.07) is 0. The average molecular weight is 210 g/mol. The van der Waals surface area contributed by atoms with Crippen LogP contribution in [-0.2, 0) is 13.0 Å². The number of hydrogen-bond donors (Lipinski definition) is 1. The smallest absolute Gasteiger partial charge is 0.0849 e. The molecule has 1 saturated heterocycles. The molecule has 0 spiro atoms. The van der Waals surface area contributed by atoms with Crippen LogP contribution in [0.4, 0.5) is 0 Å². The second kappa shape index (κ2) is 5.23. The molecule has 1 fully saturated rings. The largest absolute Gasteiger partial charge is 0.396 e. The molecule has 1 aromatic heterocycles. The van der Waals surface area contributed by atoms with Gasteiger partial charge >= 0.3 is 0 Å². The Bertz CT molecular complexity index is 293. The summed E-state index contributed by atoms with van der Waals surface area (Å²) in [5.74, 6) is 0. The molecular weight excluding hydrogens is 192 g/mol. The van der Waals surface area contributed by atoms with Gasteiger partial charge < -0.3 is 10.0 Å². The quantitative estimate of drug-likeness (QED) is 0.738. The first-order chi connectivity index (χ1) is 7.38. The van der Waals surface area contributed by atoms with Crippen LogP contribution in [0, 0.1) is 0 Å². The fourth-order valence-corrected chi connectivity index (χ4v) is 1.93. The molecule has 0 saturated carbocycles. The van der Waals surface area contributed by atoms with Crippen molar-refractivity contribution in [2.75, 3.05) is 26.2 Å². The number of rotatable bonds is 5. The van der Waals surface area contributed by atoms with Crippen molar-refractivity contribution in [1.82, 2.24) is 19.9 Å². The van der Waals surface area contributed by atoms with E-state index in [-0.39, 0.29) is 6.61 Å². The first kappa shape index (κ1) is 10.6. The zero-order valence-corrected chi connectivity index (χ0v) is 8.97. The van der Waals surface area contributed by atoms with Crippen molar-refractivity contribution >= 4 is 0 Å². The van der Waals surface area contributed by atoms with E-state index in [0.29, 0.717) is 6.42 Å². The van der Waals surface area contributed by atoms with E-state index in [4.69, 9.17) is 5.11 Å². The minimum atomic E-state index is 0.144. The minimum absolute atomic E-state index is 0.144. The van der Waals surface area contributed by atoms with Gasteiger partial charge in [0.25, 0.3) is 0 Å². The highest BCUT2D eigenvalue weighted by atomic mass is 16.3. The predicted molar refractivity (Wildman–Crippen MR) is 56.5 cm³/mol. The zero-order chi connectivity index (χ0) is 10.5. The lowest BCUT2D eigenvalue weighted by atomic mass is 10.3. The Labute approximate surface area is 89.7 Å². The van der Waals surface area contributed by atoms with E-state index in [1.807, 2.05) is 10.9 Å². The molecule has 1 aliphatic rings. The monoisotopic (exact) mass is 210 g/mol. The lowest BCUT2D eigenvalue weighted by Gasteiger charge is -2.13. The van der Waals surface area contributed by atoms with E-state index >= 15 is 0 Å². The van der Waals surface area contributed by atoms with Crippen molar-refractivity contribution in [3.05, 3.63) is 11.9 Å². The van der Waals surface area contributed by atoms with Crippen molar-refractivity contribution in [2.24, 2.45) is 0 Å². The summed E-state index contributed by atoms with van der Waals surface area (Å²) in [4.78, 5) is 2.45. The van der Waals surface area contributed by atoms with Crippen LogP contribution < -0.4 is 0 Å². The van der Waals surface area contributed by atoms with E-state index in [9.17, 15) is 0 Å². The third-order valence-corrected chi connectivity index (χ3v) is 2.80. The molecule has 15 heavy (non-hydrogen) atoms. The standard InChI is InChI=1S/C10H18N4O/c15-8-3-10-9-14(12-11-10)7-6-13-4-1-2-5-13/h9,15H,1-8H2. The van der Waals surface area contributed by atoms with Gasteiger partial charge in [0, 0.05) is 25.8 Å². The average Bonchev–Trinajstić information content (AvgIpc) is 2.85. The van der Waals surface area contributed by atoms with Crippen LogP contribution in [0.2, 0.25) is 0 Å². The Morgan fingerprint density at radius 1 is 1.27 bits per heavy atom. The van der Waals surface area contributed by atoms with E-state index in [2.05, 4.69) is 15.2 Å². The SMILES string of the molecule is OCCc1cn(CCN2CCCC2)nn1. The summed E-state index contributed by atoms with van der Waals surface area (Å²) in [5.41, 5.74) is 0.874. The Morgan fingerprint density at radius 3 is 2.80 bits per heavy atom. The Hall–Kier alpha value is -0.940. The molecule has 2 rings (SSSR count). The van der Waals surface area contributed by atoms with Gasteiger partial charge in [-0.3, -0.25) is 4.68 Å². The van der Waals surface area contributed by atoms with E-state index < -0.39 is 0 Å². The fourth-order valence-electron chi connectivity index (χ4n) is 1.93. The van der Waals surface area contributed by atoms with Crippen LogP contribution in [0.3, 0.4) is 0 Å². The van der Waals surface area contributed by atoms with Gasteiger partial charge in [0.05, 0.1) is 12.2 Å². The van der Waals surface area contributed by atoms with Crippen LogP contribution in [0.25, 0.3) is 0 Å². The molecular formula is C10H18N4O. The summed E-state index contributed by atoms with van der Waals surface area (Å²) in [6.07, 6.45) is 5.18. The molecule has 1 N–H and O–H groups in total. The van der Waals surface area contributed by atoms with Crippen molar-refractivity contribution in [3.8, 4) is 0 Å². The van der Waals surface area contributed by atoms with Crippen LogP contribution in [0.5, 0.6) is 0 Å². The second-order valence-electron chi connectivity index (χ2n) is 4.00. The maximum Gasteiger partial charge on any atom is 0.0849 e. The molecule has 5 heteroatoms. The third kappa shape index (κ3) is 3.00. The number of aromatic nitrogens is 3. The topological polar surface area (TPSA) is 54.2 Å². The highest BCUT2D eigenvalue weighted by molar-refractivity contribution is 4.92. The Morgan fingerprint density at radius 2 is 2.07 bits per heavy atom. The number of nitrogens with zero attached hydrogens (tertiary/aromatic N) is 4. The Balaban J connectivity index is 1.77. The van der Waals surface area contributed by atoms with Gasteiger partial charge in [-0.25, -0.2) is 0 Å². The molecule has 0 bridgehead atoms. The van der Waals surface area contributed by atoms with Gasteiger partial charge in [-0.05, 0) is 25.9 Å². The molecule has 0 unspecified atom stereocenters. The maximum absolute atomic E-state index is 8.75. The number of likely N-dealkylation sites (tertiary alicyclic amines) is 1. The molecule has 1 aromatic rings. The van der Waals surface area contributed by atoms with Crippen LogP contribution in [-0.4, -0.2) is 51.2 Å². The molecule has 0 aliphatic carbocycles. The van der Waals surface area contributed by atoms with Crippen molar-refractivity contribution in [1.29, 1.82) is 0 Å². The maximum atomic E-state index is 8.75.